The van der Waals surface area contributed by atoms with Crippen LogP contribution in [0.15, 0.2) is 41.2 Å². The van der Waals surface area contributed by atoms with Gasteiger partial charge < -0.3 is 14.6 Å². The second kappa shape index (κ2) is 6.96. The van der Waals surface area contributed by atoms with E-state index in [1.54, 1.807) is 16.7 Å². The summed E-state index contributed by atoms with van der Waals surface area (Å²) in [5.41, 5.74) is 5.46. The molecule has 1 N–H and O–H groups in total. The molecule has 0 unspecified atom stereocenters. The van der Waals surface area contributed by atoms with Gasteiger partial charge in [0, 0.05) is 23.0 Å². The van der Waals surface area contributed by atoms with Gasteiger partial charge in [0.15, 0.2) is 0 Å². The van der Waals surface area contributed by atoms with Crippen molar-refractivity contribution in [1.29, 1.82) is 0 Å². The zero-order chi connectivity index (χ0) is 22.0. The third-order valence-electron chi connectivity index (χ3n) is 6.14. The number of aryl methyl sites for hydroxylation is 1. The van der Waals surface area contributed by atoms with Crippen molar-refractivity contribution in [2.24, 2.45) is 0 Å². The van der Waals surface area contributed by atoms with E-state index in [0.29, 0.717) is 47.3 Å². The van der Waals surface area contributed by atoms with E-state index in [1.165, 1.54) is 0 Å². The van der Waals surface area contributed by atoms with Crippen molar-refractivity contribution in [3.8, 4) is 11.4 Å². The number of amides is 1. The van der Waals surface area contributed by atoms with E-state index in [9.17, 15) is 9.18 Å². The molecule has 1 amide bonds. The number of benzene rings is 1. The van der Waals surface area contributed by atoms with Gasteiger partial charge in [-0.3, -0.25) is 9.20 Å². The van der Waals surface area contributed by atoms with E-state index in [-0.39, 0.29) is 17.9 Å². The number of hydrogen-bond donors (Lipinski definition) is 1. The summed E-state index contributed by atoms with van der Waals surface area (Å²) in [6, 6.07) is 7.47. The lowest BCUT2D eigenvalue weighted by Gasteiger charge is -2.10. The highest BCUT2D eigenvalue weighted by molar-refractivity contribution is 6.04. The minimum Gasteiger partial charge on any atom is -0.369 e. The summed E-state index contributed by atoms with van der Waals surface area (Å²) in [4.78, 5) is 21.8. The molecule has 1 aliphatic carbocycles. The maximum absolute atomic E-state index is 13.3. The van der Waals surface area contributed by atoms with Crippen LogP contribution in [0.3, 0.4) is 0 Å². The molecule has 0 spiro atoms. The molecular formula is C23H20FN5O3. The van der Waals surface area contributed by atoms with Crippen LogP contribution in [0.4, 0.5) is 10.1 Å². The average molecular weight is 433 g/mol. The zero-order valence-electron chi connectivity index (χ0n) is 17.5. The fraction of sp³-hybridized carbons (Fsp3) is 0.304. The maximum Gasteiger partial charge on any atom is 0.274 e. The summed E-state index contributed by atoms with van der Waals surface area (Å²) >= 11 is 0. The number of imidazole rings is 1. The number of hydrogen-bond acceptors (Lipinski definition) is 6. The van der Waals surface area contributed by atoms with E-state index in [1.807, 2.05) is 38.2 Å². The number of carbonyl (C=O) groups excluding carboxylic acids is 1. The molecule has 0 radical (unpaired) electrons. The smallest absolute Gasteiger partial charge is 0.274 e. The molecule has 32 heavy (non-hydrogen) atoms. The second-order valence-electron chi connectivity index (χ2n) is 8.38. The summed E-state index contributed by atoms with van der Waals surface area (Å²) in [5, 5.41) is 6.93. The fourth-order valence-corrected chi connectivity index (χ4v) is 4.06. The fourth-order valence-electron chi connectivity index (χ4n) is 4.06. The van der Waals surface area contributed by atoms with E-state index in [2.05, 4.69) is 20.4 Å². The topological polar surface area (TPSA) is 94.6 Å². The number of rotatable bonds is 4. The summed E-state index contributed by atoms with van der Waals surface area (Å²) in [6.45, 7) is 4.42. The predicted molar refractivity (Wildman–Crippen MR) is 113 cm³/mol. The monoisotopic (exact) mass is 433 g/mol. The summed E-state index contributed by atoms with van der Waals surface area (Å²) in [5.74, 6) is 0.104. The van der Waals surface area contributed by atoms with Gasteiger partial charge in [-0.1, -0.05) is 17.3 Å². The predicted octanol–water partition coefficient (Wildman–Crippen LogP) is 4.36. The van der Waals surface area contributed by atoms with Gasteiger partial charge in [-0.25, -0.2) is 9.37 Å². The molecule has 4 aromatic rings. The van der Waals surface area contributed by atoms with Crippen molar-refractivity contribution in [1.82, 2.24) is 19.5 Å². The van der Waals surface area contributed by atoms with Crippen LogP contribution >= 0.6 is 0 Å². The van der Waals surface area contributed by atoms with Crippen LogP contribution in [0.5, 0.6) is 0 Å². The van der Waals surface area contributed by atoms with Crippen LogP contribution in [0, 0.1) is 6.92 Å². The van der Waals surface area contributed by atoms with Gasteiger partial charge in [-0.15, -0.1) is 0 Å². The number of ether oxygens (including phenoxy) is 1. The second-order valence-corrected chi connectivity index (χ2v) is 8.38. The van der Waals surface area contributed by atoms with E-state index >= 15 is 0 Å². The lowest BCUT2D eigenvalue weighted by atomic mass is 10.1. The highest BCUT2D eigenvalue weighted by Crippen LogP contribution is 2.43. The molecule has 2 aliphatic rings. The van der Waals surface area contributed by atoms with E-state index < -0.39 is 6.17 Å². The Morgan fingerprint density at radius 2 is 2.16 bits per heavy atom. The Hall–Kier alpha value is -3.59. The number of nitrogens with zero attached hydrogens (tertiary/aromatic N) is 4. The van der Waals surface area contributed by atoms with Crippen LogP contribution in [0.2, 0.25) is 0 Å². The van der Waals surface area contributed by atoms with Crippen molar-refractivity contribution < 1.29 is 18.4 Å². The lowest BCUT2D eigenvalue weighted by molar-refractivity contribution is 0.0796. The molecule has 4 heterocycles. The van der Waals surface area contributed by atoms with Gasteiger partial charge in [0.25, 0.3) is 5.91 Å². The molecule has 1 aromatic carbocycles. The van der Waals surface area contributed by atoms with E-state index in [4.69, 9.17) is 9.26 Å². The van der Waals surface area contributed by atoms with Gasteiger partial charge >= 0.3 is 0 Å². The minimum atomic E-state index is -0.905. The third kappa shape index (κ3) is 3.08. The first kappa shape index (κ1) is 19.1. The van der Waals surface area contributed by atoms with Crippen LogP contribution in [-0.4, -0.2) is 31.6 Å². The number of anilines is 1. The Morgan fingerprint density at radius 3 is 2.97 bits per heavy atom. The molecule has 3 aromatic heterocycles. The largest absolute Gasteiger partial charge is 0.369 e. The molecule has 1 aliphatic heterocycles. The van der Waals surface area contributed by atoms with Crippen LogP contribution in [0.1, 0.15) is 58.4 Å². The van der Waals surface area contributed by atoms with Gasteiger partial charge in [0.2, 0.25) is 11.7 Å². The Kier molecular flexibility index (Phi) is 4.16. The highest BCUT2D eigenvalue weighted by atomic mass is 19.1. The van der Waals surface area contributed by atoms with Gasteiger partial charge in [-0.05, 0) is 43.5 Å². The molecule has 1 saturated carbocycles. The van der Waals surface area contributed by atoms with Gasteiger partial charge in [-0.2, -0.15) is 4.98 Å². The van der Waals surface area contributed by atoms with Crippen molar-refractivity contribution in [2.45, 2.75) is 45.1 Å². The van der Waals surface area contributed by atoms with Crippen LogP contribution in [0.25, 0.3) is 17.0 Å². The standard InChI is InChI=1S/C23H20FN5O3/c1-11-3-4-13(21-27-23(32-28-21)16-6-17(16)24)5-18(11)26-22(30)19-8-25-20-7-15-12(2)31-10-14(15)9-29(19)20/h3-5,7-9,12,16-17H,6,10H2,1-2H3,(H,26,30)/t12-,16+,17+/m1/s1. The summed E-state index contributed by atoms with van der Waals surface area (Å²) < 4.78 is 25.9. The van der Waals surface area contributed by atoms with Crippen LogP contribution < -0.4 is 5.32 Å². The maximum atomic E-state index is 13.3. The molecule has 8 nitrogen and oxygen atoms in total. The number of aromatic nitrogens is 4. The molecule has 9 heteroatoms. The Bertz CT molecular complexity index is 1380. The zero-order valence-corrected chi connectivity index (χ0v) is 17.5. The Labute approximate surface area is 182 Å². The van der Waals surface area contributed by atoms with Crippen molar-refractivity contribution >= 4 is 17.2 Å². The summed E-state index contributed by atoms with van der Waals surface area (Å²) in [6.07, 6.45) is 3.02. The molecule has 1 fully saturated rings. The SMILES string of the molecule is Cc1ccc(-c2noc([C@H]3C[C@@H]3F)n2)cc1NC(=O)c1cnc2cc3c(cn12)CO[C@@H]3C. The first-order chi connectivity index (χ1) is 15.5. The first-order valence-corrected chi connectivity index (χ1v) is 10.5. The Morgan fingerprint density at radius 1 is 1.31 bits per heavy atom. The molecule has 0 bridgehead atoms. The Balaban J connectivity index is 1.29. The minimum absolute atomic E-state index is 0.0238. The number of alkyl halides is 1. The molecule has 3 atom stereocenters. The average Bonchev–Trinajstić information content (AvgIpc) is 3.17. The summed E-state index contributed by atoms with van der Waals surface area (Å²) in [7, 11) is 0. The normalized spacial score (nSPS) is 21.7. The number of nitrogens with one attached hydrogen (secondary N) is 1. The van der Waals surface area contributed by atoms with Crippen molar-refractivity contribution in [3.05, 3.63) is 64.9 Å². The first-order valence-electron chi connectivity index (χ1n) is 10.5. The molecule has 162 valence electrons. The molecule has 0 saturated heterocycles. The number of fused-ring (bicyclic) bond motifs is 2. The van der Waals surface area contributed by atoms with Gasteiger partial charge in [0.05, 0.1) is 24.8 Å². The molecule has 6 rings (SSSR count). The number of pyridine rings is 1. The van der Waals surface area contributed by atoms with Crippen molar-refractivity contribution in [2.75, 3.05) is 5.32 Å². The number of halogens is 1. The number of carbonyl (C=O) groups is 1. The van der Waals surface area contributed by atoms with Gasteiger partial charge in [0.1, 0.15) is 17.5 Å². The highest BCUT2D eigenvalue weighted by Gasteiger charge is 2.43. The van der Waals surface area contributed by atoms with Crippen molar-refractivity contribution in [3.63, 3.8) is 0 Å². The third-order valence-corrected chi connectivity index (χ3v) is 6.14. The quantitative estimate of drug-likeness (QED) is 0.514. The van der Waals surface area contributed by atoms with Crippen LogP contribution in [-0.2, 0) is 11.3 Å². The molecular weight excluding hydrogens is 413 g/mol. The van der Waals surface area contributed by atoms with E-state index in [0.717, 1.165) is 16.7 Å². The lowest BCUT2D eigenvalue weighted by Crippen LogP contribution is -2.15.